The number of rotatable bonds is 4. The minimum absolute atomic E-state index is 0.485. The number of pyridine rings is 1. The fourth-order valence-corrected chi connectivity index (χ4v) is 2.58. The van der Waals surface area contributed by atoms with Crippen molar-refractivity contribution < 1.29 is 4.74 Å². The molecule has 0 radical (unpaired) electrons. The lowest BCUT2D eigenvalue weighted by atomic mass is 10.1. The Balaban J connectivity index is 1.79. The fraction of sp³-hybridized carbons (Fsp3) is 0. The van der Waals surface area contributed by atoms with Gasteiger partial charge in [0.15, 0.2) is 5.82 Å². The standard InChI is InChI=1S/C18H13ClN4O/c19-14-7-3-4-8-15(14)24-18-13-6-2-1-5-12(13)11-17(22-18)21-16-9-10-20-23-16/h1-11H,(H2,20,21,22,23). The van der Waals surface area contributed by atoms with Gasteiger partial charge >= 0.3 is 0 Å². The molecule has 2 aromatic heterocycles. The molecule has 0 bridgehead atoms. The van der Waals surface area contributed by atoms with Crippen LogP contribution in [0.2, 0.25) is 5.02 Å². The first kappa shape index (κ1) is 14.5. The van der Waals surface area contributed by atoms with E-state index in [1.807, 2.05) is 54.6 Å². The molecule has 4 rings (SSSR count). The van der Waals surface area contributed by atoms with Gasteiger partial charge in [0.2, 0.25) is 5.88 Å². The summed E-state index contributed by atoms with van der Waals surface area (Å²) >= 11 is 6.20. The summed E-state index contributed by atoms with van der Waals surface area (Å²) in [5.41, 5.74) is 0. The number of anilines is 2. The van der Waals surface area contributed by atoms with E-state index in [1.165, 1.54) is 0 Å². The van der Waals surface area contributed by atoms with Crippen molar-refractivity contribution in [1.29, 1.82) is 0 Å². The molecule has 118 valence electrons. The third-order valence-corrected chi connectivity index (χ3v) is 3.82. The highest BCUT2D eigenvalue weighted by Crippen LogP contribution is 2.33. The van der Waals surface area contributed by atoms with Gasteiger partial charge in [0.05, 0.1) is 5.02 Å². The highest BCUT2D eigenvalue weighted by atomic mass is 35.5. The topological polar surface area (TPSA) is 62.8 Å². The molecule has 0 amide bonds. The molecule has 24 heavy (non-hydrogen) atoms. The number of benzene rings is 2. The second kappa shape index (κ2) is 6.22. The van der Waals surface area contributed by atoms with Crippen LogP contribution in [-0.2, 0) is 0 Å². The van der Waals surface area contributed by atoms with Crippen LogP contribution >= 0.6 is 11.6 Å². The fourth-order valence-electron chi connectivity index (χ4n) is 2.40. The molecule has 0 unspecified atom stereocenters. The first-order valence-electron chi connectivity index (χ1n) is 7.38. The van der Waals surface area contributed by atoms with Crippen molar-refractivity contribution in [1.82, 2.24) is 15.2 Å². The van der Waals surface area contributed by atoms with Crippen molar-refractivity contribution in [3.05, 3.63) is 71.9 Å². The average Bonchev–Trinajstić information content (AvgIpc) is 3.10. The number of nitrogens with one attached hydrogen (secondary N) is 2. The van der Waals surface area contributed by atoms with Crippen LogP contribution in [0.15, 0.2) is 66.9 Å². The smallest absolute Gasteiger partial charge is 0.229 e. The lowest BCUT2D eigenvalue weighted by Gasteiger charge is -2.11. The van der Waals surface area contributed by atoms with Crippen LogP contribution in [0.3, 0.4) is 0 Å². The van der Waals surface area contributed by atoms with Gasteiger partial charge in [0.1, 0.15) is 11.6 Å². The van der Waals surface area contributed by atoms with Gasteiger partial charge in [-0.3, -0.25) is 5.10 Å². The maximum Gasteiger partial charge on any atom is 0.229 e. The summed E-state index contributed by atoms with van der Waals surface area (Å²) < 4.78 is 5.97. The van der Waals surface area contributed by atoms with Crippen LogP contribution in [0.1, 0.15) is 0 Å². The van der Waals surface area contributed by atoms with Crippen LogP contribution < -0.4 is 10.1 Å². The van der Waals surface area contributed by atoms with Gasteiger partial charge in [0, 0.05) is 17.6 Å². The van der Waals surface area contributed by atoms with Crippen LogP contribution in [0.25, 0.3) is 10.8 Å². The SMILES string of the molecule is Clc1ccccc1Oc1nc(Nc2cc[nH]n2)cc2ccccc12. The van der Waals surface area contributed by atoms with Gasteiger partial charge in [-0.2, -0.15) is 10.1 Å². The van der Waals surface area contributed by atoms with E-state index in [0.29, 0.717) is 28.3 Å². The van der Waals surface area contributed by atoms with Crippen LogP contribution in [0.4, 0.5) is 11.6 Å². The summed E-state index contributed by atoms with van der Waals surface area (Å²) in [4.78, 5) is 4.57. The van der Waals surface area contributed by atoms with Gasteiger partial charge < -0.3 is 10.1 Å². The Hall–Kier alpha value is -3.05. The molecule has 0 saturated carbocycles. The number of nitrogens with zero attached hydrogens (tertiary/aromatic N) is 2. The van der Waals surface area contributed by atoms with E-state index in [9.17, 15) is 0 Å². The summed E-state index contributed by atoms with van der Waals surface area (Å²) in [7, 11) is 0. The first-order chi connectivity index (χ1) is 11.8. The predicted octanol–water partition coefficient (Wildman–Crippen LogP) is 5.15. The van der Waals surface area contributed by atoms with Gasteiger partial charge in [-0.05, 0) is 29.7 Å². The Morgan fingerprint density at radius 3 is 2.62 bits per heavy atom. The Labute approximate surface area is 143 Å². The summed E-state index contributed by atoms with van der Waals surface area (Å²) in [6, 6.07) is 19.0. The van der Waals surface area contributed by atoms with Crippen molar-refractivity contribution in [3.63, 3.8) is 0 Å². The lowest BCUT2D eigenvalue weighted by molar-refractivity contribution is 0.470. The number of hydrogen-bond acceptors (Lipinski definition) is 4. The first-order valence-corrected chi connectivity index (χ1v) is 7.76. The van der Waals surface area contributed by atoms with Gasteiger partial charge in [0.25, 0.3) is 0 Å². The second-order valence-electron chi connectivity index (χ2n) is 5.15. The molecule has 0 saturated heterocycles. The average molecular weight is 337 g/mol. The van der Waals surface area contributed by atoms with E-state index >= 15 is 0 Å². The number of aromatic amines is 1. The number of ether oxygens (including phenoxy) is 1. The van der Waals surface area contributed by atoms with Crippen LogP contribution in [-0.4, -0.2) is 15.2 Å². The number of H-pyrrole nitrogens is 1. The number of hydrogen-bond donors (Lipinski definition) is 2. The largest absolute Gasteiger partial charge is 0.437 e. The molecule has 5 nitrogen and oxygen atoms in total. The molecule has 0 spiro atoms. The zero-order valence-electron chi connectivity index (χ0n) is 12.5. The van der Waals surface area contributed by atoms with Crippen molar-refractivity contribution in [2.24, 2.45) is 0 Å². The van der Waals surface area contributed by atoms with Gasteiger partial charge in [-0.15, -0.1) is 0 Å². The van der Waals surface area contributed by atoms with E-state index in [4.69, 9.17) is 16.3 Å². The molecule has 2 heterocycles. The monoisotopic (exact) mass is 336 g/mol. The molecule has 6 heteroatoms. The molecule has 2 N–H and O–H groups in total. The minimum Gasteiger partial charge on any atom is -0.437 e. The van der Waals surface area contributed by atoms with Crippen molar-refractivity contribution in [2.45, 2.75) is 0 Å². The highest BCUT2D eigenvalue weighted by molar-refractivity contribution is 6.32. The molecule has 4 aromatic rings. The quantitative estimate of drug-likeness (QED) is 0.541. The Kier molecular flexibility index (Phi) is 3.76. The maximum atomic E-state index is 6.20. The van der Waals surface area contributed by atoms with E-state index in [0.717, 1.165) is 10.8 Å². The third kappa shape index (κ3) is 2.89. The van der Waals surface area contributed by atoms with Gasteiger partial charge in [-0.1, -0.05) is 41.9 Å². The Morgan fingerprint density at radius 2 is 1.79 bits per heavy atom. The molecule has 0 aliphatic heterocycles. The number of para-hydroxylation sites is 1. The van der Waals surface area contributed by atoms with Crippen molar-refractivity contribution in [3.8, 4) is 11.6 Å². The molecule has 0 fully saturated rings. The van der Waals surface area contributed by atoms with Crippen molar-refractivity contribution in [2.75, 3.05) is 5.32 Å². The summed E-state index contributed by atoms with van der Waals surface area (Å²) in [5.74, 6) is 2.37. The molecule has 0 aliphatic rings. The Bertz CT molecular complexity index is 985. The predicted molar refractivity (Wildman–Crippen MR) is 95.1 cm³/mol. The summed E-state index contributed by atoms with van der Waals surface area (Å²) in [5, 5.41) is 12.4. The second-order valence-corrected chi connectivity index (χ2v) is 5.56. The van der Waals surface area contributed by atoms with E-state index in [1.54, 1.807) is 12.3 Å². The number of halogens is 1. The molecule has 2 aromatic carbocycles. The molecular weight excluding hydrogens is 324 g/mol. The van der Waals surface area contributed by atoms with E-state index in [-0.39, 0.29) is 0 Å². The van der Waals surface area contributed by atoms with Gasteiger partial charge in [-0.25, -0.2) is 0 Å². The van der Waals surface area contributed by atoms with E-state index < -0.39 is 0 Å². The minimum atomic E-state index is 0.485. The molecule has 0 aliphatic carbocycles. The highest BCUT2D eigenvalue weighted by Gasteiger charge is 2.10. The summed E-state index contributed by atoms with van der Waals surface area (Å²) in [6.07, 6.45) is 1.74. The number of fused-ring (bicyclic) bond motifs is 1. The lowest BCUT2D eigenvalue weighted by Crippen LogP contribution is -1.97. The molecular formula is C18H13ClN4O. The van der Waals surface area contributed by atoms with E-state index in [2.05, 4.69) is 20.5 Å². The zero-order valence-corrected chi connectivity index (χ0v) is 13.3. The third-order valence-electron chi connectivity index (χ3n) is 3.51. The van der Waals surface area contributed by atoms with Crippen LogP contribution in [0.5, 0.6) is 11.6 Å². The van der Waals surface area contributed by atoms with Crippen LogP contribution in [0, 0.1) is 0 Å². The molecule has 0 atom stereocenters. The zero-order chi connectivity index (χ0) is 16.4. The summed E-state index contributed by atoms with van der Waals surface area (Å²) in [6.45, 7) is 0. The number of aromatic nitrogens is 3. The maximum absolute atomic E-state index is 6.20. The van der Waals surface area contributed by atoms with Crippen molar-refractivity contribution >= 4 is 34.0 Å². The Morgan fingerprint density at radius 1 is 0.958 bits per heavy atom. The normalized spacial score (nSPS) is 10.7.